The van der Waals surface area contributed by atoms with Crippen molar-refractivity contribution >= 4 is 22.7 Å². The Bertz CT molecular complexity index is 1070. The van der Waals surface area contributed by atoms with E-state index in [1.807, 2.05) is 32.0 Å². The van der Waals surface area contributed by atoms with Crippen molar-refractivity contribution in [3.05, 3.63) is 70.8 Å². The summed E-state index contributed by atoms with van der Waals surface area (Å²) in [5.74, 6) is 0.0899. The first kappa shape index (κ1) is 19.6. The number of fused-ring (bicyclic) bond motifs is 2. The van der Waals surface area contributed by atoms with Crippen LogP contribution in [-0.4, -0.2) is 11.9 Å². The van der Waals surface area contributed by atoms with Crippen LogP contribution in [0.25, 0.3) is 10.8 Å². The van der Waals surface area contributed by atoms with Crippen molar-refractivity contribution in [2.75, 3.05) is 0 Å². The van der Waals surface area contributed by atoms with Crippen LogP contribution >= 0.6 is 0 Å². The Morgan fingerprint density at radius 2 is 1.46 bits per heavy atom. The first-order valence-corrected chi connectivity index (χ1v) is 9.18. The highest BCUT2D eigenvalue weighted by Crippen LogP contribution is 2.44. The van der Waals surface area contributed by atoms with E-state index in [-0.39, 0.29) is 0 Å². The zero-order chi connectivity index (χ0) is 20.6. The molecule has 0 unspecified atom stereocenters. The lowest BCUT2D eigenvalue weighted by molar-refractivity contribution is -0.131. The summed E-state index contributed by atoms with van der Waals surface area (Å²) < 4.78 is 11.5. The third kappa shape index (κ3) is 3.63. The number of ether oxygens (including phenoxy) is 2. The van der Waals surface area contributed by atoms with E-state index in [0.717, 1.165) is 27.5 Å². The molecule has 144 valence electrons. The highest BCUT2D eigenvalue weighted by molar-refractivity contribution is 6.02. The van der Waals surface area contributed by atoms with Gasteiger partial charge in [0.05, 0.1) is 0 Å². The van der Waals surface area contributed by atoms with Gasteiger partial charge >= 0.3 is 11.9 Å². The van der Waals surface area contributed by atoms with Gasteiger partial charge < -0.3 is 9.47 Å². The first-order chi connectivity index (χ1) is 13.2. The molecule has 0 saturated carbocycles. The van der Waals surface area contributed by atoms with Crippen molar-refractivity contribution in [3.8, 4) is 11.5 Å². The summed E-state index contributed by atoms with van der Waals surface area (Å²) in [7, 11) is 0. The molecule has 0 bridgehead atoms. The lowest BCUT2D eigenvalue weighted by Crippen LogP contribution is -2.16. The van der Waals surface area contributed by atoms with E-state index in [1.54, 1.807) is 13.8 Å². The van der Waals surface area contributed by atoms with Crippen molar-refractivity contribution in [3.63, 3.8) is 0 Å². The van der Waals surface area contributed by atoms with Crippen molar-refractivity contribution in [2.24, 2.45) is 0 Å². The zero-order valence-electron chi connectivity index (χ0n) is 16.8. The molecule has 4 heteroatoms. The third-order valence-corrected chi connectivity index (χ3v) is 4.77. The van der Waals surface area contributed by atoms with E-state index in [1.165, 1.54) is 5.57 Å². The summed E-state index contributed by atoms with van der Waals surface area (Å²) in [5, 5.41) is 1.48. The molecule has 0 aromatic heterocycles. The molecule has 2 aromatic carbocycles. The monoisotopic (exact) mass is 376 g/mol. The van der Waals surface area contributed by atoms with Gasteiger partial charge in [-0.05, 0) is 46.6 Å². The fraction of sp³-hybridized carbons (Fsp3) is 0.250. The Labute approximate surface area is 165 Å². The zero-order valence-corrected chi connectivity index (χ0v) is 16.8. The summed E-state index contributed by atoms with van der Waals surface area (Å²) in [4.78, 5) is 24.6. The van der Waals surface area contributed by atoms with E-state index < -0.39 is 11.9 Å². The molecule has 2 aromatic rings. The van der Waals surface area contributed by atoms with Crippen LogP contribution in [0.2, 0.25) is 0 Å². The highest BCUT2D eigenvalue weighted by Gasteiger charge is 2.26. The lowest BCUT2D eigenvalue weighted by atomic mass is 9.87. The molecular weight excluding hydrogens is 352 g/mol. The summed E-state index contributed by atoms with van der Waals surface area (Å²) >= 11 is 0. The summed E-state index contributed by atoms with van der Waals surface area (Å²) in [6.45, 7) is 14.6. The van der Waals surface area contributed by atoms with Crippen LogP contribution in [0.4, 0.5) is 0 Å². The standard InChI is InChI=1S/C24H24O4/c1-13(2)23(25)27-21-17-9-7-16(6)12-20(17)22(28-24(26)14(3)4)18-10-8-15(5)11-19(18)21/h7-9,12H,1,3,10-11H2,2,4-6H3. The molecule has 0 atom stereocenters. The molecule has 0 fully saturated rings. The molecule has 1 aliphatic rings. The molecule has 0 amide bonds. The molecule has 0 aliphatic heterocycles. The lowest BCUT2D eigenvalue weighted by Gasteiger charge is -2.24. The normalized spacial score (nSPS) is 12.8. The Hall–Kier alpha value is -3.14. The molecule has 1 aliphatic carbocycles. The Morgan fingerprint density at radius 3 is 2.04 bits per heavy atom. The average molecular weight is 376 g/mol. The molecule has 0 radical (unpaired) electrons. The Balaban J connectivity index is 2.33. The summed E-state index contributed by atoms with van der Waals surface area (Å²) in [6.07, 6.45) is 3.32. The fourth-order valence-electron chi connectivity index (χ4n) is 3.27. The maximum Gasteiger partial charge on any atom is 0.338 e. The molecule has 4 nitrogen and oxygen atoms in total. The van der Waals surface area contributed by atoms with E-state index in [4.69, 9.17) is 9.47 Å². The number of carbonyl (C=O) groups is 2. The minimum Gasteiger partial charge on any atom is -0.422 e. The topological polar surface area (TPSA) is 52.6 Å². The van der Waals surface area contributed by atoms with Crippen molar-refractivity contribution in [2.45, 2.75) is 40.5 Å². The molecule has 0 N–H and O–H groups in total. The van der Waals surface area contributed by atoms with Crippen molar-refractivity contribution in [1.29, 1.82) is 0 Å². The van der Waals surface area contributed by atoms with Crippen LogP contribution in [-0.2, 0) is 22.4 Å². The van der Waals surface area contributed by atoms with Gasteiger partial charge in [0.1, 0.15) is 11.5 Å². The largest absolute Gasteiger partial charge is 0.422 e. The van der Waals surface area contributed by atoms with Gasteiger partial charge in [-0.3, -0.25) is 0 Å². The number of hydrogen-bond acceptors (Lipinski definition) is 4. The van der Waals surface area contributed by atoms with E-state index in [9.17, 15) is 9.59 Å². The van der Waals surface area contributed by atoms with Gasteiger partial charge in [0, 0.05) is 33.0 Å². The van der Waals surface area contributed by atoms with Gasteiger partial charge in [-0.25, -0.2) is 9.59 Å². The molecular formula is C24H24O4. The van der Waals surface area contributed by atoms with Crippen LogP contribution < -0.4 is 9.47 Å². The molecule has 3 rings (SSSR count). The summed E-state index contributed by atoms with van der Waals surface area (Å²) in [5.41, 5.74) is 4.58. The maximum atomic E-state index is 12.3. The molecule has 0 heterocycles. The van der Waals surface area contributed by atoms with E-state index in [0.29, 0.717) is 35.5 Å². The maximum absolute atomic E-state index is 12.3. The van der Waals surface area contributed by atoms with Gasteiger partial charge in [-0.2, -0.15) is 0 Å². The molecule has 28 heavy (non-hydrogen) atoms. The van der Waals surface area contributed by atoms with Gasteiger partial charge in [-0.1, -0.05) is 42.5 Å². The quantitative estimate of drug-likeness (QED) is 0.320. The van der Waals surface area contributed by atoms with Crippen LogP contribution in [0, 0.1) is 6.92 Å². The number of aryl methyl sites for hydroxylation is 1. The Morgan fingerprint density at radius 1 is 0.893 bits per heavy atom. The fourth-order valence-corrected chi connectivity index (χ4v) is 3.27. The second kappa shape index (κ2) is 7.47. The predicted molar refractivity (Wildman–Crippen MR) is 111 cm³/mol. The SMILES string of the molecule is C=C(C)C(=O)Oc1c2c(c(OC(=O)C(=C)C)c3ccc(C)cc13)CC(C)=CC2. The highest BCUT2D eigenvalue weighted by atomic mass is 16.5. The number of hydrogen-bond donors (Lipinski definition) is 0. The number of allylic oxidation sites excluding steroid dienone is 2. The Kier molecular flexibility index (Phi) is 5.23. The second-order valence-electron chi connectivity index (χ2n) is 7.44. The van der Waals surface area contributed by atoms with Gasteiger partial charge in [0.15, 0.2) is 0 Å². The summed E-state index contributed by atoms with van der Waals surface area (Å²) in [6, 6.07) is 5.79. The van der Waals surface area contributed by atoms with Crippen LogP contribution in [0.3, 0.4) is 0 Å². The minimum atomic E-state index is -0.469. The van der Waals surface area contributed by atoms with E-state index >= 15 is 0 Å². The van der Waals surface area contributed by atoms with Crippen molar-refractivity contribution in [1.82, 2.24) is 0 Å². The number of rotatable bonds is 4. The van der Waals surface area contributed by atoms with Crippen LogP contribution in [0.1, 0.15) is 37.5 Å². The third-order valence-electron chi connectivity index (χ3n) is 4.77. The first-order valence-electron chi connectivity index (χ1n) is 9.18. The number of esters is 2. The predicted octanol–water partition coefficient (Wildman–Crippen LogP) is 5.16. The molecule has 0 saturated heterocycles. The van der Waals surface area contributed by atoms with Gasteiger partial charge in [-0.15, -0.1) is 0 Å². The minimum absolute atomic E-state index is 0.329. The molecule has 0 spiro atoms. The van der Waals surface area contributed by atoms with Crippen molar-refractivity contribution < 1.29 is 19.1 Å². The van der Waals surface area contributed by atoms with Crippen LogP contribution in [0.15, 0.2) is 54.2 Å². The average Bonchev–Trinajstić information content (AvgIpc) is 2.63. The van der Waals surface area contributed by atoms with Gasteiger partial charge in [0.25, 0.3) is 0 Å². The van der Waals surface area contributed by atoms with E-state index in [2.05, 4.69) is 19.2 Å². The number of benzene rings is 2. The second-order valence-corrected chi connectivity index (χ2v) is 7.44. The number of carbonyl (C=O) groups excluding carboxylic acids is 2. The van der Waals surface area contributed by atoms with Crippen LogP contribution in [0.5, 0.6) is 11.5 Å². The smallest absolute Gasteiger partial charge is 0.338 e. The van der Waals surface area contributed by atoms with Gasteiger partial charge in [0.2, 0.25) is 0 Å².